The summed E-state index contributed by atoms with van der Waals surface area (Å²) in [7, 11) is 0. The first-order valence-corrected chi connectivity index (χ1v) is 4.27. The Bertz CT molecular complexity index is 394. The number of hydrogen-bond acceptors (Lipinski definition) is 1. The zero-order valence-electron chi connectivity index (χ0n) is 5.47. The van der Waals surface area contributed by atoms with E-state index in [0.29, 0.717) is 5.02 Å². The average Bonchev–Trinajstić information content (AvgIpc) is 2.34. The van der Waals surface area contributed by atoms with Crippen molar-refractivity contribution in [3.05, 3.63) is 34.0 Å². The first-order chi connectivity index (χ1) is 5.27. The van der Waals surface area contributed by atoms with Gasteiger partial charge in [-0.2, -0.15) is 0 Å². The lowest BCUT2D eigenvalue weighted by atomic mass is 10.3. The summed E-state index contributed by atoms with van der Waals surface area (Å²) in [4.78, 5) is 0. The minimum atomic E-state index is 0.680. The molecule has 0 unspecified atom stereocenters. The van der Waals surface area contributed by atoms with E-state index >= 15 is 0 Å². The highest BCUT2D eigenvalue weighted by molar-refractivity contribution is 9.10. The van der Waals surface area contributed by atoms with Crippen molar-refractivity contribution < 1.29 is 4.42 Å². The van der Waals surface area contributed by atoms with E-state index in [-0.39, 0.29) is 0 Å². The number of rotatable bonds is 0. The maximum absolute atomic E-state index is 5.79. The maximum atomic E-state index is 5.79. The van der Waals surface area contributed by atoms with Crippen LogP contribution < -0.4 is 0 Å². The molecule has 0 saturated heterocycles. The Morgan fingerprint density at radius 2 is 2.18 bits per heavy atom. The third-order valence-electron chi connectivity index (χ3n) is 1.49. The monoisotopic (exact) mass is 230 g/mol. The van der Waals surface area contributed by atoms with Gasteiger partial charge >= 0.3 is 0 Å². The van der Waals surface area contributed by atoms with Gasteiger partial charge < -0.3 is 4.42 Å². The quantitative estimate of drug-likeness (QED) is 0.671. The fraction of sp³-hybridized carbons (Fsp3) is 0. The Labute approximate surface area is 77.1 Å². The molecule has 1 nitrogen and oxygen atoms in total. The Morgan fingerprint density at radius 3 is 3.00 bits per heavy atom. The summed E-state index contributed by atoms with van der Waals surface area (Å²) < 4.78 is 6.13. The van der Waals surface area contributed by atoms with Crippen LogP contribution in [-0.4, -0.2) is 0 Å². The van der Waals surface area contributed by atoms with E-state index in [1.807, 2.05) is 12.1 Å². The number of furan rings is 1. The second-order valence-electron chi connectivity index (χ2n) is 2.22. The van der Waals surface area contributed by atoms with Crippen molar-refractivity contribution in [2.75, 3.05) is 0 Å². The Kier molecular flexibility index (Phi) is 1.66. The zero-order valence-corrected chi connectivity index (χ0v) is 7.82. The lowest BCUT2D eigenvalue weighted by Crippen LogP contribution is -1.67. The Hall–Kier alpha value is -0.470. The molecular formula is C8H4BrClO. The molecule has 1 heterocycles. The van der Waals surface area contributed by atoms with E-state index in [2.05, 4.69) is 15.9 Å². The molecule has 0 spiro atoms. The van der Waals surface area contributed by atoms with Crippen LogP contribution in [0.4, 0.5) is 0 Å². The summed E-state index contributed by atoms with van der Waals surface area (Å²) in [6.45, 7) is 0. The fourth-order valence-corrected chi connectivity index (χ4v) is 1.91. The normalized spacial score (nSPS) is 10.7. The van der Waals surface area contributed by atoms with E-state index in [1.54, 1.807) is 12.3 Å². The first-order valence-electron chi connectivity index (χ1n) is 3.09. The summed E-state index contributed by atoms with van der Waals surface area (Å²) in [5, 5.41) is 1.73. The molecule has 1 aromatic heterocycles. The SMILES string of the molecule is Clc1cc(Br)c2ccoc2c1. The van der Waals surface area contributed by atoms with Gasteiger partial charge in [-0.1, -0.05) is 11.6 Å². The second-order valence-corrected chi connectivity index (χ2v) is 3.51. The summed E-state index contributed by atoms with van der Waals surface area (Å²) in [6, 6.07) is 5.54. The van der Waals surface area contributed by atoms with Crippen molar-refractivity contribution in [1.82, 2.24) is 0 Å². The summed E-state index contributed by atoms with van der Waals surface area (Å²) in [6.07, 6.45) is 1.64. The summed E-state index contributed by atoms with van der Waals surface area (Å²) in [5.41, 5.74) is 0.810. The van der Waals surface area contributed by atoms with E-state index < -0.39 is 0 Å². The predicted octanol–water partition coefficient (Wildman–Crippen LogP) is 3.85. The number of halogens is 2. The van der Waals surface area contributed by atoms with Gasteiger partial charge in [0.25, 0.3) is 0 Å². The van der Waals surface area contributed by atoms with E-state index in [1.165, 1.54) is 0 Å². The molecule has 0 bridgehead atoms. The molecule has 0 fully saturated rings. The van der Waals surface area contributed by atoms with Gasteiger partial charge in [0.1, 0.15) is 5.58 Å². The van der Waals surface area contributed by atoms with Crippen LogP contribution in [0.25, 0.3) is 11.0 Å². The highest BCUT2D eigenvalue weighted by Gasteiger charge is 2.01. The van der Waals surface area contributed by atoms with Gasteiger partial charge in [-0.25, -0.2) is 0 Å². The van der Waals surface area contributed by atoms with Crippen LogP contribution >= 0.6 is 27.5 Å². The predicted molar refractivity (Wildman–Crippen MR) is 48.9 cm³/mol. The number of benzene rings is 1. The van der Waals surface area contributed by atoms with Crippen LogP contribution in [0.3, 0.4) is 0 Å². The first kappa shape index (κ1) is 7.19. The van der Waals surface area contributed by atoms with Crippen LogP contribution in [0.15, 0.2) is 33.4 Å². The summed E-state index contributed by atoms with van der Waals surface area (Å²) in [5.74, 6) is 0. The van der Waals surface area contributed by atoms with Crippen molar-refractivity contribution in [2.24, 2.45) is 0 Å². The molecule has 0 aliphatic rings. The van der Waals surface area contributed by atoms with E-state index in [0.717, 1.165) is 15.4 Å². The molecule has 3 heteroatoms. The molecule has 0 atom stereocenters. The number of fused-ring (bicyclic) bond motifs is 1. The lowest BCUT2D eigenvalue weighted by molar-refractivity contribution is 0.616. The second kappa shape index (κ2) is 2.54. The van der Waals surface area contributed by atoms with Gasteiger partial charge in [0.15, 0.2) is 0 Å². The molecule has 2 aromatic rings. The lowest BCUT2D eigenvalue weighted by Gasteiger charge is -1.93. The molecule has 1 aromatic carbocycles. The minimum Gasteiger partial charge on any atom is -0.464 e. The Morgan fingerprint density at radius 1 is 1.36 bits per heavy atom. The molecule has 0 aliphatic carbocycles. The van der Waals surface area contributed by atoms with Crippen LogP contribution in [0.2, 0.25) is 5.02 Å². The molecule has 0 amide bonds. The third-order valence-corrected chi connectivity index (χ3v) is 2.36. The van der Waals surface area contributed by atoms with Crippen molar-refractivity contribution in [3.8, 4) is 0 Å². The van der Waals surface area contributed by atoms with Gasteiger partial charge in [0.2, 0.25) is 0 Å². The number of hydrogen-bond donors (Lipinski definition) is 0. The molecule has 0 saturated carbocycles. The molecule has 11 heavy (non-hydrogen) atoms. The van der Waals surface area contributed by atoms with Gasteiger partial charge in [-0.3, -0.25) is 0 Å². The van der Waals surface area contributed by atoms with Crippen LogP contribution in [0, 0.1) is 0 Å². The smallest absolute Gasteiger partial charge is 0.136 e. The maximum Gasteiger partial charge on any atom is 0.136 e. The van der Waals surface area contributed by atoms with Crippen LogP contribution in [0.1, 0.15) is 0 Å². The minimum absolute atomic E-state index is 0.680. The highest BCUT2D eigenvalue weighted by Crippen LogP contribution is 2.28. The molecule has 56 valence electrons. The van der Waals surface area contributed by atoms with Crippen LogP contribution in [-0.2, 0) is 0 Å². The zero-order chi connectivity index (χ0) is 7.84. The van der Waals surface area contributed by atoms with E-state index in [4.69, 9.17) is 16.0 Å². The molecule has 0 aliphatic heterocycles. The molecule has 0 radical (unpaired) electrons. The average molecular weight is 231 g/mol. The van der Waals surface area contributed by atoms with Crippen LogP contribution in [0.5, 0.6) is 0 Å². The molecular weight excluding hydrogens is 227 g/mol. The van der Waals surface area contributed by atoms with Gasteiger partial charge in [-0.05, 0) is 28.1 Å². The summed E-state index contributed by atoms with van der Waals surface area (Å²) >= 11 is 9.17. The topological polar surface area (TPSA) is 13.1 Å². The van der Waals surface area contributed by atoms with Gasteiger partial charge in [0.05, 0.1) is 6.26 Å². The van der Waals surface area contributed by atoms with Crippen molar-refractivity contribution in [1.29, 1.82) is 0 Å². The molecule has 2 rings (SSSR count). The van der Waals surface area contributed by atoms with Crippen molar-refractivity contribution >= 4 is 38.5 Å². The standard InChI is InChI=1S/C8H4BrClO/c9-7-3-5(10)4-8-6(7)1-2-11-8/h1-4H. The van der Waals surface area contributed by atoms with Crippen molar-refractivity contribution in [3.63, 3.8) is 0 Å². The van der Waals surface area contributed by atoms with Gasteiger partial charge in [-0.15, -0.1) is 0 Å². The van der Waals surface area contributed by atoms with Crippen molar-refractivity contribution in [2.45, 2.75) is 0 Å². The fourth-order valence-electron chi connectivity index (χ4n) is 0.996. The largest absolute Gasteiger partial charge is 0.464 e. The Balaban J connectivity index is 2.91. The van der Waals surface area contributed by atoms with E-state index in [9.17, 15) is 0 Å². The highest BCUT2D eigenvalue weighted by atomic mass is 79.9. The third kappa shape index (κ3) is 1.17. The van der Waals surface area contributed by atoms with Gasteiger partial charge in [0, 0.05) is 20.9 Å². The molecule has 0 N–H and O–H groups in total.